The molecule has 3 atom stereocenters. The molecule has 2 nitrogen and oxygen atoms in total. The fourth-order valence-corrected chi connectivity index (χ4v) is 3.66. The second kappa shape index (κ2) is 5.20. The zero-order valence-electron chi connectivity index (χ0n) is 10.9. The Balaban J connectivity index is 1.75. The van der Waals surface area contributed by atoms with Crippen LogP contribution in [0.5, 0.6) is 0 Å². The highest BCUT2D eigenvalue weighted by Gasteiger charge is 2.38. The lowest BCUT2D eigenvalue weighted by Crippen LogP contribution is -2.29. The molecule has 1 aromatic rings. The van der Waals surface area contributed by atoms with Crippen LogP contribution in [0.1, 0.15) is 24.9 Å². The van der Waals surface area contributed by atoms with Gasteiger partial charge < -0.3 is 5.32 Å². The van der Waals surface area contributed by atoms with Gasteiger partial charge >= 0.3 is 0 Å². The van der Waals surface area contributed by atoms with Crippen molar-refractivity contribution in [3.8, 4) is 0 Å². The highest BCUT2D eigenvalue weighted by molar-refractivity contribution is 6.30. The van der Waals surface area contributed by atoms with Gasteiger partial charge in [0.15, 0.2) is 0 Å². The molecular formula is C15H21ClN2. The van der Waals surface area contributed by atoms with Gasteiger partial charge in [-0.15, -0.1) is 0 Å². The minimum atomic E-state index is 0.563. The van der Waals surface area contributed by atoms with E-state index in [2.05, 4.69) is 29.3 Å². The van der Waals surface area contributed by atoms with Crippen molar-refractivity contribution in [1.82, 2.24) is 10.2 Å². The maximum atomic E-state index is 5.98. The minimum absolute atomic E-state index is 0.563. The predicted octanol–water partition coefficient (Wildman–Crippen LogP) is 2.94. The lowest BCUT2D eigenvalue weighted by Gasteiger charge is -2.28. The summed E-state index contributed by atoms with van der Waals surface area (Å²) in [7, 11) is 0. The molecule has 18 heavy (non-hydrogen) atoms. The van der Waals surface area contributed by atoms with Crippen LogP contribution in [0.2, 0.25) is 5.02 Å². The molecule has 1 unspecified atom stereocenters. The van der Waals surface area contributed by atoms with Gasteiger partial charge in [-0.1, -0.05) is 30.7 Å². The molecule has 0 aromatic heterocycles. The Morgan fingerprint density at radius 3 is 2.39 bits per heavy atom. The van der Waals surface area contributed by atoms with Crippen molar-refractivity contribution < 1.29 is 0 Å². The van der Waals surface area contributed by atoms with E-state index in [4.69, 9.17) is 11.6 Å². The average molecular weight is 265 g/mol. The predicted molar refractivity (Wildman–Crippen MR) is 75.9 cm³/mol. The van der Waals surface area contributed by atoms with Gasteiger partial charge in [-0.25, -0.2) is 0 Å². The Bertz CT molecular complexity index is 391. The number of hydrogen-bond donors (Lipinski definition) is 1. The summed E-state index contributed by atoms with van der Waals surface area (Å²) in [6.07, 6.45) is 1.18. The van der Waals surface area contributed by atoms with Crippen molar-refractivity contribution in [3.05, 3.63) is 34.9 Å². The molecule has 0 radical (unpaired) electrons. The zero-order valence-corrected chi connectivity index (χ0v) is 11.7. The van der Waals surface area contributed by atoms with Crippen LogP contribution in [0, 0.1) is 11.8 Å². The summed E-state index contributed by atoms with van der Waals surface area (Å²) in [4.78, 5) is 2.67. The molecule has 3 rings (SSSR count). The summed E-state index contributed by atoms with van der Waals surface area (Å²) < 4.78 is 0. The number of hydrogen-bond acceptors (Lipinski definition) is 2. The zero-order chi connectivity index (χ0) is 12.5. The summed E-state index contributed by atoms with van der Waals surface area (Å²) in [5.41, 5.74) is 1.41. The Kier molecular flexibility index (Phi) is 3.60. The molecule has 98 valence electrons. The van der Waals surface area contributed by atoms with Gasteiger partial charge in [-0.05, 0) is 49.0 Å². The molecule has 2 fully saturated rings. The largest absolute Gasteiger partial charge is 0.316 e. The molecule has 2 aliphatic heterocycles. The second-order valence-electron chi connectivity index (χ2n) is 5.61. The van der Waals surface area contributed by atoms with Crippen molar-refractivity contribution in [2.75, 3.05) is 26.2 Å². The van der Waals surface area contributed by atoms with Crippen molar-refractivity contribution >= 4 is 11.6 Å². The van der Waals surface area contributed by atoms with E-state index >= 15 is 0 Å². The van der Waals surface area contributed by atoms with Crippen LogP contribution >= 0.6 is 11.6 Å². The number of benzene rings is 1. The standard InChI is InChI=1S/C15H21ClN2/c1-2-15(11-3-5-14(16)6-4-11)18-9-12-7-17-8-13(12)10-18/h3-6,12-13,15,17H,2,7-10H2,1H3/t12-,13+,15?. The number of halogens is 1. The Morgan fingerprint density at radius 1 is 1.22 bits per heavy atom. The number of fused-ring (bicyclic) bond motifs is 1. The summed E-state index contributed by atoms with van der Waals surface area (Å²) in [5.74, 6) is 1.73. The van der Waals surface area contributed by atoms with Crippen LogP contribution in [-0.2, 0) is 0 Å². The van der Waals surface area contributed by atoms with Crippen molar-refractivity contribution in [2.24, 2.45) is 11.8 Å². The molecule has 0 bridgehead atoms. The van der Waals surface area contributed by atoms with Gasteiger partial charge in [0.25, 0.3) is 0 Å². The van der Waals surface area contributed by atoms with E-state index in [0.717, 1.165) is 16.9 Å². The Labute approximate surface area is 114 Å². The highest BCUT2D eigenvalue weighted by atomic mass is 35.5. The minimum Gasteiger partial charge on any atom is -0.316 e. The first-order valence-corrected chi connectivity index (χ1v) is 7.36. The van der Waals surface area contributed by atoms with Crippen LogP contribution < -0.4 is 5.32 Å². The van der Waals surface area contributed by atoms with Gasteiger partial charge in [-0.3, -0.25) is 4.90 Å². The lowest BCUT2D eigenvalue weighted by atomic mass is 10.0. The third-order valence-corrected chi connectivity index (χ3v) is 4.75. The fourth-order valence-electron chi connectivity index (χ4n) is 3.54. The molecule has 0 saturated carbocycles. The summed E-state index contributed by atoms with van der Waals surface area (Å²) >= 11 is 5.98. The second-order valence-corrected chi connectivity index (χ2v) is 6.04. The number of likely N-dealkylation sites (tertiary alicyclic amines) is 1. The third kappa shape index (κ3) is 2.29. The van der Waals surface area contributed by atoms with Gasteiger partial charge in [0.2, 0.25) is 0 Å². The summed E-state index contributed by atoms with van der Waals surface area (Å²) in [5, 5.41) is 4.33. The van der Waals surface area contributed by atoms with Gasteiger partial charge in [0, 0.05) is 24.2 Å². The normalized spacial score (nSPS) is 29.4. The quantitative estimate of drug-likeness (QED) is 0.903. The van der Waals surface area contributed by atoms with Crippen LogP contribution in [0.3, 0.4) is 0 Å². The average Bonchev–Trinajstić information content (AvgIpc) is 2.93. The summed E-state index contributed by atoms with van der Waals surface area (Å²) in [6, 6.07) is 8.95. The smallest absolute Gasteiger partial charge is 0.0406 e. The van der Waals surface area contributed by atoms with Crippen LogP contribution in [-0.4, -0.2) is 31.1 Å². The van der Waals surface area contributed by atoms with Crippen molar-refractivity contribution in [2.45, 2.75) is 19.4 Å². The number of nitrogens with zero attached hydrogens (tertiary/aromatic N) is 1. The topological polar surface area (TPSA) is 15.3 Å². The van der Waals surface area contributed by atoms with E-state index in [1.807, 2.05) is 12.1 Å². The molecule has 1 aromatic carbocycles. The SMILES string of the molecule is CCC(c1ccc(Cl)cc1)N1C[C@H]2CNC[C@H]2C1. The van der Waals surface area contributed by atoms with Gasteiger partial charge in [-0.2, -0.15) is 0 Å². The van der Waals surface area contributed by atoms with Gasteiger partial charge in [0.1, 0.15) is 0 Å². The Hall–Kier alpha value is -0.570. The number of nitrogens with one attached hydrogen (secondary N) is 1. The van der Waals surface area contributed by atoms with Crippen LogP contribution in [0.25, 0.3) is 0 Å². The maximum absolute atomic E-state index is 5.98. The number of rotatable bonds is 3. The van der Waals surface area contributed by atoms with E-state index in [1.54, 1.807) is 0 Å². The van der Waals surface area contributed by atoms with Crippen LogP contribution in [0.4, 0.5) is 0 Å². The molecule has 2 aliphatic rings. The first-order valence-electron chi connectivity index (χ1n) is 6.98. The van der Waals surface area contributed by atoms with E-state index < -0.39 is 0 Å². The lowest BCUT2D eigenvalue weighted by molar-refractivity contribution is 0.222. The van der Waals surface area contributed by atoms with Crippen molar-refractivity contribution in [3.63, 3.8) is 0 Å². The first kappa shape index (κ1) is 12.5. The van der Waals surface area contributed by atoms with Gasteiger partial charge in [0.05, 0.1) is 0 Å². The van der Waals surface area contributed by atoms with Crippen LogP contribution in [0.15, 0.2) is 24.3 Å². The van der Waals surface area contributed by atoms with E-state index in [0.29, 0.717) is 6.04 Å². The molecular weight excluding hydrogens is 244 g/mol. The highest BCUT2D eigenvalue weighted by Crippen LogP contribution is 2.34. The molecule has 2 saturated heterocycles. The molecule has 0 amide bonds. The molecule has 0 aliphatic carbocycles. The van der Waals surface area contributed by atoms with E-state index in [1.165, 1.54) is 38.2 Å². The third-order valence-electron chi connectivity index (χ3n) is 4.50. The molecule has 1 N–H and O–H groups in total. The molecule has 3 heteroatoms. The van der Waals surface area contributed by atoms with Crippen molar-refractivity contribution in [1.29, 1.82) is 0 Å². The Morgan fingerprint density at radius 2 is 1.83 bits per heavy atom. The van der Waals surface area contributed by atoms with E-state index in [-0.39, 0.29) is 0 Å². The summed E-state index contributed by atoms with van der Waals surface area (Å²) in [6.45, 7) is 7.19. The van der Waals surface area contributed by atoms with E-state index in [9.17, 15) is 0 Å². The fraction of sp³-hybridized carbons (Fsp3) is 0.600. The molecule has 2 heterocycles. The molecule has 0 spiro atoms. The monoisotopic (exact) mass is 264 g/mol. The first-order chi connectivity index (χ1) is 8.78. The maximum Gasteiger partial charge on any atom is 0.0406 e.